The summed E-state index contributed by atoms with van der Waals surface area (Å²) in [5.74, 6) is -0.914. The van der Waals surface area contributed by atoms with Gasteiger partial charge in [0.25, 0.3) is 0 Å². The molecule has 1 aliphatic rings. The number of sulfone groups is 1. The first-order chi connectivity index (χ1) is 8.91. The van der Waals surface area contributed by atoms with Crippen LogP contribution in [0.15, 0.2) is 18.2 Å². The second-order valence-electron chi connectivity index (χ2n) is 4.36. The van der Waals surface area contributed by atoms with Crippen LogP contribution in [0.1, 0.15) is 6.42 Å². The number of nitro groups is 1. The first-order valence-corrected chi connectivity index (χ1v) is 7.61. The van der Waals surface area contributed by atoms with Gasteiger partial charge in [0, 0.05) is 13.1 Å². The molecule has 0 atom stereocenters. The molecule has 1 aliphatic heterocycles. The molecule has 8 heteroatoms. The predicted octanol–water partition coefficient (Wildman–Crippen LogP) is 1.36. The molecule has 0 radical (unpaired) electrons. The van der Waals surface area contributed by atoms with E-state index in [9.17, 15) is 22.9 Å². The SMILES string of the molecule is O=[N+]([O-])c1c(F)cccc1N1CCCS(=O)(=O)CC1. The zero-order valence-electron chi connectivity index (χ0n) is 10.1. The van der Waals surface area contributed by atoms with E-state index in [-0.39, 0.29) is 23.7 Å². The van der Waals surface area contributed by atoms with E-state index in [0.29, 0.717) is 13.0 Å². The molecule has 1 saturated heterocycles. The highest BCUT2D eigenvalue weighted by atomic mass is 32.2. The Bertz CT molecular complexity index is 603. The molecule has 104 valence electrons. The van der Waals surface area contributed by atoms with Crippen molar-refractivity contribution in [3.63, 3.8) is 0 Å². The summed E-state index contributed by atoms with van der Waals surface area (Å²) in [4.78, 5) is 11.7. The molecule has 0 spiro atoms. The number of para-hydroxylation sites is 1. The summed E-state index contributed by atoms with van der Waals surface area (Å²) in [6, 6.07) is 3.85. The zero-order valence-corrected chi connectivity index (χ0v) is 10.9. The normalized spacial score (nSPS) is 18.9. The standard InChI is InChI=1S/C11H13FN2O4S/c12-9-3-1-4-10(11(9)14(15)16)13-5-2-7-19(17,18)8-6-13/h1,3-4H,2,5-8H2. The maximum Gasteiger partial charge on any atom is 0.327 e. The lowest BCUT2D eigenvalue weighted by Gasteiger charge is -2.21. The van der Waals surface area contributed by atoms with Gasteiger partial charge in [0.1, 0.15) is 5.69 Å². The summed E-state index contributed by atoms with van der Waals surface area (Å²) >= 11 is 0. The topological polar surface area (TPSA) is 80.5 Å². The lowest BCUT2D eigenvalue weighted by molar-refractivity contribution is -0.386. The lowest BCUT2D eigenvalue weighted by atomic mass is 10.2. The van der Waals surface area contributed by atoms with Crippen molar-refractivity contribution in [3.05, 3.63) is 34.1 Å². The van der Waals surface area contributed by atoms with E-state index in [1.807, 2.05) is 0 Å². The maximum absolute atomic E-state index is 13.5. The highest BCUT2D eigenvalue weighted by Crippen LogP contribution is 2.31. The first kappa shape index (κ1) is 13.7. The third-order valence-electron chi connectivity index (χ3n) is 3.04. The monoisotopic (exact) mass is 288 g/mol. The zero-order chi connectivity index (χ0) is 14.0. The minimum Gasteiger partial charge on any atom is -0.365 e. The van der Waals surface area contributed by atoms with E-state index < -0.39 is 26.3 Å². The molecule has 0 unspecified atom stereocenters. The fourth-order valence-corrected chi connectivity index (χ4v) is 3.39. The molecule has 1 aromatic rings. The maximum atomic E-state index is 13.5. The first-order valence-electron chi connectivity index (χ1n) is 5.79. The molecule has 0 saturated carbocycles. The van der Waals surface area contributed by atoms with Crippen molar-refractivity contribution in [1.82, 2.24) is 0 Å². The Balaban J connectivity index is 2.37. The fourth-order valence-electron chi connectivity index (χ4n) is 2.12. The van der Waals surface area contributed by atoms with Crippen molar-refractivity contribution in [2.75, 3.05) is 29.5 Å². The van der Waals surface area contributed by atoms with Crippen LogP contribution in [-0.4, -0.2) is 37.9 Å². The number of halogens is 1. The molecule has 0 aromatic heterocycles. The molecule has 6 nitrogen and oxygen atoms in total. The van der Waals surface area contributed by atoms with Gasteiger partial charge in [-0.25, -0.2) is 8.42 Å². The largest absolute Gasteiger partial charge is 0.365 e. The third kappa shape index (κ3) is 3.01. The van der Waals surface area contributed by atoms with Gasteiger partial charge in [0.05, 0.1) is 16.4 Å². The number of nitro benzene ring substituents is 1. The van der Waals surface area contributed by atoms with Crippen LogP contribution in [0.3, 0.4) is 0 Å². The number of rotatable bonds is 2. The van der Waals surface area contributed by atoms with Gasteiger partial charge in [-0.3, -0.25) is 10.1 Å². The highest BCUT2D eigenvalue weighted by Gasteiger charge is 2.27. The Labute approximate surface area is 109 Å². The van der Waals surface area contributed by atoms with Crippen LogP contribution in [0.2, 0.25) is 0 Å². The minimum atomic E-state index is -3.11. The average Bonchev–Trinajstić information content (AvgIpc) is 2.49. The molecular weight excluding hydrogens is 275 g/mol. The van der Waals surface area contributed by atoms with E-state index in [1.54, 1.807) is 4.90 Å². The van der Waals surface area contributed by atoms with E-state index in [1.165, 1.54) is 12.1 Å². The number of nitrogens with zero attached hydrogens (tertiary/aromatic N) is 2. The summed E-state index contributed by atoms with van der Waals surface area (Å²) in [6.45, 7) is 0.510. The van der Waals surface area contributed by atoms with E-state index >= 15 is 0 Å². The summed E-state index contributed by atoms with van der Waals surface area (Å²) in [7, 11) is -3.11. The van der Waals surface area contributed by atoms with Crippen LogP contribution in [0.5, 0.6) is 0 Å². The van der Waals surface area contributed by atoms with Crippen LogP contribution >= 0.6 is 0 Å². The van der Waals surface area contributed by atoms with Crippen molar-refractivity contribution in [2.45, 2.75) is 6.42 Å². The van der Waals surface area contributed by atoms with Gasteiger partial charge in [-0.15, -0.1) is 0 Å². The summed E-state index contributed by atoms with van der Waals surface area (Å²) in [5, 5.41) is 10.9. The van der Waals surface area contributed by atoms with Crippen LogP contribution in [0, 0.1) is 15.9 Å². The molecule has 19 heavy (non-hydrogen) atoms. The molecule has 1 heterocycles. The van der Waals surface area contributed by atoms with Crippen LogP contribution < -0.4 is 4.90 Å². The van der Waals surface area contributed by atoms with Crippen molar-refractivity contribution >= 4 is 21.2 Å². The van der Waals surface area contributed by atoms with Gasteiger partial charge >= 0.3 is 5.69 Å². The molecule has 1 aromatic carbocycles. The summed E-state index contributed by atoms with van der Waals surface area (Å²) in [5.41, 5.74) is -0.455. The van der Waals surface area contributed by atoms with Crippen LogP contribution in [0.4, 0.5) is 15.8 Å². The highest BCUT2D eigenvalue weighted by molar-refractivity contribution is 7.91. The number of hydrogen-bond acceptors (Lipinski definition) is 5. The fraction of sp³-hybridized carbons (Fsp3) is 0.455. The van der Waals surface area contributed by atoms with Crippen molar-refractivity contribution in [2.24, 2.45) is 0 Å². The van der Waals surface area contributed by atoms with E-state index in [2.05, 4.69) is 0 Å². The number of benzene rings is 1. The number of anilines is 1. The summed E-state index contributed by atoms with van der Waals surface area (Å²) in [6.07, 6.45) is 0.385. The van der Waals surface area contributed by atoms with Gasteiger partial charge in [0.2, 0.25) is 5.82 Å². The van der Waals surface area contributed by atoms with E-state index in [0.717, 1.165) is 6.07 Å². The number of hydrogen-bond donors (Lipinski definition) is 0. The van der Waals surface area contributed by atoms with E-state index in [4.69, 9.17) is 0 Å². The lowest BCUT2D eigenvalue weighted by Crippen LogP contribution is -2.27. The van der Waals surface area contributed by atoms with Gasteiger partial charge in [-0.05, 0) is 18.6 Å². The quantitative estimate of drug-likeness (QED) is 0.606. The van der Waals surface area contributed by atoms with Gasteiger partial charge in [-0.2, -0.15) is 4.39 Å². The van der Waals surface area contributed by atoms with Gasteiger partial charge in [-0.1, -0.05) is 6.07 Å². The molecular formula is C11H13FN2O4S. The van der Waals surface area contributed by atoms with Crippen molar-refractivity contribution in [1.29, 1.82) is 0 Å². The van der Waals surface area contributed by atoms with Crippen LogP contribution in [0.25, 0.3) is 0 Å². The van der Waals surface area contributed by atoms with Crippen molar-refractivity contribution in [3.8, 4) is 0 Å². The smallest absolute Gasteiger partial charge is 0.327 e. The minimum absolute atomic E-state index is 0.0621. The molecule has 0 aliphatic carbocycles. The van der Waals surface area contributed by atoms with Gasteiger partial charge in [0.15, 0.2) is 9.84 Å². The molecule has 1 fully saturated rings. The molecule has 0 bridgehead atoms. The Kier molecular flexibility index (Phi) is 3.70. The second-order valence-corrected chi connectivity index (χ2v) is 6.66. The Morgan fingerprint density at radius 2 is 2.00 bits per heavy atom. The molecule has 0 N–H and O–H groups in total. The predicted molar refractivity (Wildman–Crippen MR) is 68.5 cm³/mol. The third-order valence-corrected chi connectivity index (χ3v) is 4.76. The molecule has 0 amide bonds. The van der Waals surface area contributed by atoms with Crippen molar-refractivity contribution < 1.29 is 17.7 Å². The van der Waals surface area contributed by atoms with Gasteiger partial charge < -0.3 is 4.90 Å². The average molecular weight is 288 g/mol. The summed E-state index contributed by atoms with van der Waals surface area (Å²) < 4.78 is 36.5. The van der Waals surface area contributed by atoms with Crippen LogP contribution in [-0.2, 0) is 9.84 Å². The molecule has 2 rings (SSSR count). The Morgan fingerprint density at radius 1 is 1.26 bits per heavy atom. The Hall–Kier alpha value is -1.70. The second kappa shape index (κ2) is 5.12. The Morgan fingerprint density at radius 3 is 2.68 bits per heavy atom.